The lowest BCUT2D eigenvalue weighted by Crippen LogP contribution is -2.17. The molecule has 7 nitrogen and oxygen atoms in total. The Morgan fingerprint density at radius 3 is 2.38 bits per heavy atom. The largest absolute Gasteiger partial charge is 0.402 e. The molecule has 0 aliphatic heterocycles. The zero-order valence-corrected chi connectivity index (χ0v) is 13.8. The molecule has 134 valence electrons. The number of ether oxygens (including phenoxy) is 1. The number of carbonyl (C=O) groups is 1. The summed E-state index contributed by atoms with van der Waals surface area (Å²) >= 11 is 0. The lowest BCUT2D eigenvalue weighted by atomic mass is 10.2. The normalized spacial score (nSPS) is 11.3. The van der Waals surface area contributed by atoms with Gasteiger partial charge in [-0.1, -0.05) is 12.1 Å². The van der Waals surface area contributed by atoms with Gasteiger partial charge in [-0.15, -0.1) is 9.19 Å². The van der Waals surface area contributed by atoms with Gasteiger partial charge in [0.25, 0.3) is 10.0 Å². The molecule has 3 rings (SSSR count). The third kappa shape index (κ3) is 3.26. The van der Waals surface area contributed by atoms with E-state index in [4.69, 9.17) is 10.5 Å². The molecule has 0 amide bonds. The van der Waals surface area contributed by atoms with Gasteiger partial charge in [0.05, 0.1) is 10.5 Å². The first-order valence-electron chi connectivity index (χ1n) is 7.12. The van der Waals surface area contributed by atoms with Crippen molar-refractivity contribution in [1.29, 1.82) is 0 Å². The van der Waals surface area contributed by atoms with Gasteiger partial charge in [0, 0.05) is 6.07 Å². The molecule has 0 bridgehead atoms. The van der Waals surface area contributed by atoms with Gasteiger partial charge in [0.2, 0.25) is 5.88 Å². The zero-order valence-electron chi connectivity index (χ0n) is 13.0. The van der Waals surface area contributed by atoms with E-state index in [1.54, 1.807) is 0 Å². The Morgan fingerprint density at radius 1 is 1.08 bits per heavy atom. The second-order valence-corrected chi connectivity index (χ2v) is 6.85. The summed E-state index contributed by atoms with van der Waals surface area (Å²) in [5.74, 6) is -3.25. The van der Waals surface area contributed by atoms with Gasteiger partial charge in [-0.25, -0.2) is 13.6 Å². The van der Waals surface area contributed by atoms with Crippen molar-refractivity contribution < 1.29 is 26.7 Å². The van der Waals surface area contributed by atoms with Crippen molar-refractivity contribution in [1.82, 2.24) is 9.19 Å². The molecule has 10 heteroatoms. The van der Waals surface area contributed by atoms with Crippen LogP contribution >= 0.6 is 0 Å². The van der Waals surface area contributed by atoms with Crippen molar-refractivity contribution in [2.45, 2.75) is 4.90 Å². The molecule has 3 aromatic rings. The van der Waals surface area contributed by atoms with Crippen LogP contribution in [0.15, 0.2) is 59.5 Å². The van der Waals surface area contributed by atoms with Crippen LogP contribution in [0.25, 0.3) is 0 Å². The molecule has 26 heavy (non-hydrogen) atoms. The summed E-state index contributed by atoms with van der Waals surface area (Å²) in [4.78, 5) is 11.7. The Bertz CT molecular complexity index is 1080. The van der Waals surface area contributed by atoms with E-state index in [2.05, 4.69) is 5.10 Å². The number of aromatic nitrogens is 2. The van der Waals surface area contributed by atoms with E-state index in [1.807, 2.05) is 0 Å². The number of hydrogen-bond donors (Lipinski definition) is 1. The highest BCUT2D eigenvalue weighted by atomic mass is 32.2. The van der Waals surface area contributed by atoms with E-state index >= 15 is 0 Å². The third-order valence-electron chi connectivity index (χ3n) is 3.31. The monoisotopic (exact) mass is 379 g/mol. The lowest BCUT2D eigenvalue weighted by molar-refractivity contribution is 0.0722. The molecule has 0 aliphatic rings. The minimum absolute atomic E-state index is 0.263. The summed E-state index contributed by atoms with van der Waals surface area (Å²) < 4.78 is 56.8. The molecule has 0 fully saturated rings. The number of rotatable bonds is 4. The van der Waals surface area contributed by atoms with E-state index < -0.39 is 33.5 Å². The second-order valence-electron chi connectivity index (χ2n) is 5.08. The molecule has 1 aromatic heterocycles. The average molecular weight is 379 g/mol. The fourth-order valence-corrected chi connectivity index (χ4v) is 3.28. The first-order chi connectivity index (χ1) is 12.3. The number of halogens is 2. The van der Waals surface area contributed by atoms with Gasteiger partial charge in [-0.05, 0) is 36.4 Å². The topological polar surface area (TPSA) is 104 Å². The molecule has 1 heterocycles. The Kier molecular flexibility index (Phi) is 4.43. The summed E-state index contributed by atoms with van der Waals surface area (Å²) in [6, 6.07) is 10.1. The first-order valence-corrected chi connectivity index (χ1v) is 8.56. The SMILES string of the molecule is Nc1cc(OC(=O)c2ccccc2F)nn1S(=O)(=O)c1ccc(F)cc1. The Balaban J connectivity index is 1.91. The first kappa shape index (κ1) is 17.5. The molecule has 0 radical (unpaired) electrons. The van der Waals surface area contributed by atoms with Gasteiger partial charge < -0.3 is 10.5 Å². The fourth-order valence-electron chi connectivity index (χ4n) is 2.08. The average Bonchev–Trinajstić information content (AvgIpc) is 2.96. The summed E-state index contributed by atoms with van der Waals surface area (Å²) in [5.41, 5.74) is 5.28. The molecular weight excluding hydrogens is 368 g/mol. The van der Waals surface area contributed by atoms with Gasteiger partial charge in [0.15, 0.2) is 0 Å². The van der Waals surface area contributed by atoms with Crippen LogP contribution in [0.1, 0.15) is 10.4 Å². The van der Waals surface area contributed by atoms with Crippen LogP contribution in [0.5, 0.6) is 5.88 Å². The fraction of sp³-hybridized carbons (Fsp3) is 0. The highest BCUT2D eigenvalue weighted by Gasteiger charge is 2.23. The molecule has 2 N–H and O–H groups in total. The Morgan fingerprint density at radius 2 is 1.73 bits per heavy atom. The van der Waals surface area contributed by atoms with Gasteiger partial charge in [0.1, 0.15) is 17.5 Å². The maximum absolute atomic E-state index is 13.6. The standard InChI is InChI=1S/C16H11F2N3O4S/c17-10-5-7-11(8-6-10)26(23,24)21-14(19)9-15(20-21)25-16(22)12-3-1-2-4-13(12)18/h1-9H,19H2. The molecule has 0 spiro atoms. The summed E-state index contributed by atoms with van der Waals surface area (Å²) in [6.45, 7) is 0. The minimum Gasteiger partial charge on any atom is -0.402 e. The van der Waals surface area contributed by atoms with Crippen molar-refractivity contribution in [2.75, 3.05) is 5.73 Å². The number of nitrogens with two attached hydrogens (primary N) is 1. The van der Waals surface area contributed by atoms with E-state index in [1.165, 1.54) is 18.2 Å². The van der Waals surface area contributed by atoms with Crippen LogP contribution in [-0.2, 0) is 10.0 Å². The van der Waals surface area contributed by atoms with Crippen molar-refractivity contribution >= 4 is 21.8 Å². The van der Waals surface area contributed by atoms with Crippen LogP contribution in [-0.4, -0.2) is 23.6 Å². The van der Waals surface area contributed by atoms with Crippen molar-refractivity contribution in [3.63, 3.8) is 0 Å². The van der Waals surface area contributed by atoms with E-state index in [0.29, 0.717) is 4.09 Å². The van der Waals surface area contributed by atoms with Crippen LogP contribution in [0.2, 0.25) is 0 Å². The van der Waals surface area contributed by atoms with Gasteiger partial charge >= 0.3 is 5.97 Å². The smallest absolute Gasteiger partial charge is 0.347 e. The van der Waals surface area contributed by atoms with Gasteiger partial charge in [-0.3, -0.25) is 0 Å². The maximum Gasteiger partial charge on any atom is 0.347 e. The third-order valence-corrected chi connectivity index (χ3v) is 4.93. The maximum atomic E-state index is 13.6. The predicted molar refractivity (Wildman–Crippen MR) is 87.0 cm³/mol. The lowest BCUT2D eigenvalue weighted by Gasteiger charge is -2.05. The Labute approximate surface area is 146 Å². The van der Waals surface area contributed by atoms with Crippen LogP contribution < -0.4 is 10.5 Å². The number of nitrogens with zero attached hydrogens (tertiary/aromatic N) is 2. The van der Waals surface area contributed by atoms with Crippen LogP contribution in [0, 0.1) is 11.6 Å². The highest BCUT2D eigenvalue weighted by Crippen LogP contribution is 2.22. The van der Waals surface area contributed by atoms with Crippen molar-refractivity contribution in [3.8, 4) is 5.88 Å². The summed E-state index contributed by atoms with van der Waals surface area (Å²) in [6.07, 6.45) is 0. The van der Waals surface area contributed by atoms with Crippen LogP contribution in [0.4, 0.5) is 14.6 Å². The number of benzene rings is 2. The molecule has 2 aromatic carbocycles. The summed E-state index contributed by atoms with van der Waals surface area (Å²) in [5, 5.41) is 3.62. The molecule has 0 saturated carbocycles. The highest BCUT2D eigenvalue weighted by molar-refractivity contribution is 7.90. The molecule has 0 aliphatic carbocycles. The number of nitrogen functional groups attached to an aromatic ring is 1. The van der Waals surface area contributed by atoms with Gasteiger partial charge in [-0.2, -0.15) is 8.42 Å². The molecular formula is C16H11F2N3O4S. The van der Waals surface area contributed by atoms with Crippen molar-refractivity contribution in [3.05, 3.63) is 71.8 Å². The van der Waals surface area contributed by atoms with Crippen molar-refractivity contribution in [2.24, 2.45) is 0 Å². The molecule has 0 unspecified atom stereocenters. The Hall–Kier alpha value is -3.27. The number of anilines is 1. The number of carbonyl (C=O) groups excluding carboxylic acids is 1. The summed E-state index contributed by atoms with van der Waals surface area (Å²) in [7, 11) is -4.23. The zero-order chi connectivity index (χ0) is 18.9. The van der Waals surface area contributed by atoms with E-state index in [9.17, 15) is 22.0 Å². The molecule has 0 atom stereocenters. The second kappa shape index (κ2) is 6.56. The predicted octanol–water partition coefficient (Wildman–Crippen LogP) is 2.20. The van der Waals surface area contributed by atoms with E-state index in [-0.39, 0.29) is 16.3 Å². The number of esters is 1. The molecule has 0 saturated heterocycles. The minimum atomic E-state index is -4.23. The quantitative estimate of drug-likeness (QED) is 0.697. The number of hydrogen-bond acceptors (Lipinski definition) is 6. The van der Waals surface area contributed by atoms with E-state index in [0.717, 1.165) is 36.4 Å². The van der Waals surface area contributed by atoms with Crippen LogP contribution in [0.3, 0.4) is 0 Å².